The number of nitrogens with two attached hydrogens (primary N) is 1. The van der Waals surface area contributed by atoms with Gasteiger partial charge in [-0.3, -0.25) is 4.79 Å². The van der Waals surface area contributed by atoms with Crippen LogP contribution in [0.5, 0.6) is 0 Å². The first-order chi connectivity index (χ1) is 3.80. The Labute approximate surface area is 51.4 Å². The van der Waals surface area contributed by atoms with Crippen molar-refractivity contribution < 1.29 is 4.79 Å². The Morgan fingerprint density at radius 2 is 2.75 bits per heavy atom. The summed E-state index contributed by atoms with van der Waals surface area (Å²) in [5.74, 6) is 0.359. The molecule has 1 aliphatic rings. The molecule has 0 unspecified atom stereocenters. The van der Waals surface area contributed by atoms with Gasteiger partial charge in [0, 0.05) is 17.5 Å². The van der Waals surface area contributed by atoms with Crippen LogP contribution in [0.4, 0.5) is 0 Å². The lowest BCUT2D eigenvalue weighted by atomic mass is 10.3. The smallest absolute Gasteiger partial charge is 0.247 e. The SMILES string of the molecule is NC(=O)C1=CNSC1. The molecular formula is C4H6N2OS. The summed E-state index contributed by atoms with van der Waals surface area (Å²) in [5, 5.41) is 0. The molecule has 1 heterocycles. The van der Waals surface area contributed by atoms with Crippen molar-refractivity contribution in [3.8, 4) is 0 Å². The van der Waals surface area contributed by atoms with E-state index in [9.17, 15) is 4.79 Å². The minimum absolute atomic E-state index is 0.331. The van der Waals surface area contributed by atoms with Gasteiger partial charge in [-0.2, -0.15) is 0 Å². The number of rotatable bonds is 1. The maximum Gasteiger partial charge on any atom is 0.247 e. The third-order valence-electron chi connectivity index (χ3n) is 0.861. The molecule has 1 amide bonds. The monoisotopic (exact) mass is 130 g/mol. The lowest BCUT2D eigenvalue weighted by Gasteiger charge is -1.86. The fourth-order valence-electron chi connectivity index (χ4n) is 0.416. The van der Waals surface area contributed by atoms with Gasteiger partial charge in [-0.25, -0.2) is 0 Å². The van der Waals surface area contributed by atoms with Gasteiger partial charge >= 0.3 is 0 Å². The summed E-state index contributed by atoms with van der Waals surface area (Å²) < 4.78 is 2.81. The van der Waals surface area contributed by atoms with E-state index >= 15 is 0 Å². The summed E-state index contributed by atoms with van der Waals surface area (Å²) in [6.45, 7) is 0. The third-order valence-corrected chi connectivity index (χ3v) is 1.60. The molecule has 0 spiro atoms. The first-order valence-corrected chi connectivity index (χ1v) is 3.15. The minimum Gasteiger partial charge on any atom is -0.366 e. The number of nitrogens with one attached hydrogen (secondary N) is 1. The van der Waals surface area contributed by atoms with Gasteiger partial charge in [-0.15, -0.1) is 0 Å². The molecule has 0 aliphatic carbocycles. The Balaban J connectivity index is 2.57. The number of carbonyl (C=O) groups excluding carboxylic acids is 1. The zero-order valence-electron chi connectivity index (χ0n) is 4.18. The van der Waals surface area contributed by atoms with Gasteiger partial charge in [-0.05, 0) is 11.9 Å². The van der Waals surface area contributed by atoms with Crippen molar-refractivity contribution in [1.82, 2.24) is 4.72 Å². The minimum atomic E-state index is -0.331. The van der Waals surface area contributed by atoms with E-state index in [1.54, 1.807) is 6.20 Å². The Kier molecular flexibility index (Phi) is 1.43. The summed E-state index contributed by atoms with van der Waals surface area (Å²) >= 11 is 1.47. The topological polar surface area (TPSA) is 55.1 Å². The van der Waals surface area contributed by atoms with Gasteiger partial charge in [0.25, 0.3) is 0 Å². The number of hydrogen-bond acceptors (Lipinski definition) is 3. The van der Waals surface area contributed by atoms with Gasteiger partial charge in [-0.1, -0.05) is 0 Å². The maximum atomic E-state index is 10.3. The van der Waals surface area contributed by atoms with Crippen LogP contribution < -0.4 is 10.5 Å². The molecule has 3 nitrogen and oxygen atoms in total. The van der Waals surface area contributed by atoms with Crippen molar-refractivity contribution in [3.05, 3.63) is 11.8 Å². The van der Waals surface area contributed by atoms with Crippen LogP contribution in [-0.4, -0.2) is 11.7 Å². The molecule has 4 heteroatoms. The highest BCUT2D eigenvalue weighted by atomic mass is 32.2. The summed E-state index contributed by atoms with van der Waals surface area (Å²) in [7, 11) is 0. The quantitative estimate of drug-likeness (QED) is 0.475. The van der Waals surface area contributed by atoms with Crippen LogP contribution in [0.2, 0.25) is 0 Å². The van der Waals surface area contributed by atoms with E-state index in [-0.39, 0.29) is 5.91 Å². The molecule has 0 atom stereocenters. The van der Waals surface area contributed by atoms with E-state index in [0.717, 1.165) is 0 Å². The lowest BCUT2D eigenvalue weighted by Crippen LogP contribution is -2.13. The van der Waals surface area contributed by atoms with Gasteiger partial charge in [0.05, 0.1) is 0 Å². The zero-order chi connectivity index (χ0) is 5.98. The van der Waals surface area contributed by atoms with Crippen LogP contribution in [0, 0.1) is 0 Å². The number of primary amides is 1. The fourth-order valence-corrected chi connectivity index (χ4v) is 1.11. The van der Waals surface area contributed by atoms with Crippen molar-refractivity contribution in [3.63, 3.8) is 0 Å². The van der Waals surface area contributed by atoms with Crippen LogP contribution in [0.3, 0.4) is 0 Å². The van der Waals surface area contributed by atoms with Crippen molar-refractivity contribution in [2.75, 3.05) is 5.75 Å². The van der Waals surface area contributed by atoms with Gasteiger partial charge in [0.1, 0.15) is 0 Å². The highest BCUT2D eigenvalue weighted by Gasteiger charge is 2.08. The first-order valence-electron chi connectivity index (χ1n) is 2.17. The largest absolute Gasteiger partial charge is 0.366 e. The molecule has 44 valence electrons. The highest BCUT2D eigenvalue weighted by molar-refractivity contribution is 7.97. The molecule has 0 aromatic rings. The van der Waals surface area contributed by atoms with Gasteiger partial charge < -0.3 is 10.5 Å². The number of hydrogen-bond donors (Lipinski definition) is 2. The van der Waals surface area contributed by atoms with E-state index in [0.29, 0.717) is 11.3 Å². The molecular weight excluding hydrogens is 124 g/mol. The number of carbonyl (C=O) groups is 1. The van der Waals surface area contributed by atoms with Crippen molar-refractivity contribution in [2.24, 2.45) is 5.73 Å². The van der Waals surface area contributed by atoms with E-state index in [2.05, 4.69) is 4.72 Å². The van der Waals surface area contributed by atoms with Crippen LogP contribution in [-0.2, 0) is 4.79 Å². The molecule has 0 fully saturated rings. The molecule has 0 aromatic carbocycles. The van der Waals surface area contributed by atoms with Crippen LogP contribution >= 0.6 is 11.9 Å². The fraction of sp³-hybridized carbons (Fsp3) is 0.250. The van der Waals surface area contributed by atoms with Crippen molar-refractivity contribution in [2.45, 2.75) is 0 Å². The van der Waals surface area contributed by atoms with Crippen molar-refractivity contribution >= 4 is 17.9 Å². The second-order valence-corrected chi connectivity index (χ2v) is 2.25. The first kappa shape index (κ1) is 5.50. The normalized spacial score (nSPS) is 17.2. The summed E-state index contributed by atoms with van der Waals surface area (Å²) in [5.41, 5.74) is 5.60. The number of amides is 1. The second kappa shape index (κ2) is 2.09. The lowest BCUT2D eigenvalue weighted by molar-refractivity contribution is -0.114. The van der Waals surface area contributed by atoms with E-state index in [1.165, 1.54) is 11.9 Å². The molecule has 0 aromatic heterocycles. The second-order valence-electron chi connectivity index (χ2n) is 1.44. The molecule has 3 N–H and O–H groups in total. The highest BCUT2D eigenvalue weighted by Crippen LogP contribution is 2.09. The Bertz CT molecular complexity index is 143. The molecule has 0 radical (unpaired) electrons. The summed E-state index contributed by atoms with van der Waals surface area (Å²) in [6, 6.07) is 0. The molecule has 0 saturated heterocycles. The van der Waals surface area contributed by atoms with Gasteiger partial charge in [0.2, 0.25) is 5.91 Å². The zero-order valence-corrected chi connectivity index (χ0v) is 4.99. The molecule has 0 saturated carbocycles. The predicted molar refractivity (Wildman–Crippen MR) is 32.9 cm³/mol. The van der Waals surface area contributed by atoms with E-state index in [1.807, 2.05) is 0 Å². The average Bonchev–Trinajstić information content (AvgIpc) is 2.12. The van der Waals surface area contributed by atoms with Crippen LogP contribution in [0.1, 0.15) is 0 Å². The summed E-state index contributed by atoms with van der Waals surface area (Å²) in [4.78, 5) is 10.3. The summed E-state index contributed by atoms with van der Waals surface area (Å²) in [6.07, 6.45) is 1.63. The van der Waals surface area contributed by atoms with Crippen LogP contribution in [0.25, 0.3) is 0 Å². The molecule has 8 heavy (non-hydrogen) atoms. The predicted octanol–water partition coefficient (Wildman–Crippen LogP) is -0.393. The van der Waals surface area contributed by atoms with E-state index in [4.69, 9.17) is 5.73 Å². The van der Waals surface area contributed by atoms with Crippen molar-refractivity contribution in [1.29, 1.82) is 0 Å². The van der Waals surface area contributed by atoms with Crippen LogP contribution in [0.15, 0.2) is 11.8 Å². The Hall–Kier alpha value is -0.640. The third kappa shape index (κ3) is 0.949. The Morgan fingerprint density at radius 3 is 3.00 bits per heavy atom. The maximum absolute atomic E-state index is 10.3. The van der Waals surface area contributed by atoms with Gasteiger partial charge in [0.15, 0.2) is 0 Å². The average molecular weight is 130 g/mol. The molecule has 0 bridgehead atoms. The van der Waals surface area contributed by atoms with E-state index < -0.39 is 0 Å². The Morgan fingerprint density at radius 1 is 2.00 bits per heavy atom. The molecule has 1 rings (SSSR count). The standard InChI is InChI=1S/C4H6N2OS/c5-4(7)3-1-6-8-2-3/h1,6H,2H2,(H2,5,7). The molecule has 1 aliphatic heterocycles.